The summed E-state index contributed by atoms with van der Waals surface area (Å²) < 4.78 is 53.4. The molecule has 0 aliphatic heterocycles. The van der Waals surface area contributed by atoms with Crippen molar-refractivity contribution < 1.29 is 22.4 Å². The average molecular weight is 391 g/mol. The van der Waals surface area contributed by atoms with Gasteiger partial charge in [-0.15, -0.1) is 0 Å². The van der Waals surface area contributed by atoms with Crippen molar-refractivity contribution in [3.8, 4) is 0 Å². The Kier molecular flexibility index (Phi) is 5.48. The lowest BCUT2D eigenvalue weighted by Gasteiger charge is -2.13. The smallest absolute Gasteiger partial charge is 0.346 e. The van der Waals surface area contributed by atoms with Crippen molar-refractivity contribution in [1.29, 1.82) is 0 Å². The number of halogens is 4. The van der Waals surface area contributed by atoms with Crippen molar-refractivity contribution >= 4 is 17.5 Å². The normalized spacial score (nSPS) is 11.1. The Morgan fingerprint density at radius 2 is 1.89 bits per heavy atom. The first-order valence-corrected chi connectivity index (χ1v) is 7.98. The number of amides is 1. The van der Waals surface area contributed by atoms with Gasteiger partial charge in [-0.05, 0) is 30.3 Å². The molecule has 0 unspecified atom stereocenters. The molecule has 3 rings (SSSR count). The summed E-state index contributed by atoms with van der Waals surface area (Å²) in [7, 11) is 0. The number of anilines is 2. The molecular weight excluding hydrogens is 378 g/mol. The van der Waals surface area contributed by atoms with Gasteiger partial charge in [-0.3, -0.25) is 9.78 Å². The summed E-state index contributed by atoms with van der Waals surface area (Å²) in [6.07, 6.45) is -2.62. The predicted octanol–water partition coefficient (Wildman–Crippen LogP) is 3.70. The summed E-state index contributed by atoms with van der Waals surface area (Å²) in [5, 5.41) is 4.83. The van der Waals surface area contributed by atoms with Crippen LogP contribution in [0.25, 0.3) is 0 Å². The molecule has 0 fully saturated rings. The van der Waals surface area contributed by atoms with Crippen LogP contribution in [0.15, 0.2) is 54.9 Å². The molecule has 3 aromatic rings. The van der Waals surface area contributed by atoms with Crippen molar-refractivity contribution in [2.75, 3.05) is 5.32 Å². The first-order chi connectivity index (χ1) is 13.3. The molecular formula is C18H13F4N5O. The SMILES string of the molecule is O=C(NCc1ccccn1)c1cnc(Nc2cccc(F)c2)nc1C(F)(F)F. The van der Waals surface area contributed by atoms with Gasteiger partial charge in [0, 0.05) is 18.1 Å². The molecule has 0 spiro atoms. The summed E-state index contributed by atoms with van der Waals surface area (Å²) in [6.45, 7) is -0.0553. The number of nitrogens with one attached hydrogen (secondary N) is 2. The van der Waals surface area contributed by atoms with Gasteiger partial charge in [0.1, 0.15) is 5.82 Å². The fourth-order valence-electron chi connectivity index (χ4n) is 2.29. The van der Waals surface area contributed by atoms with E-state index in [1.807, 2.05) is 0 Å². The van der Waals surface area contributed by atoms with Gasteiger partial charge in [-0.1, -0.05) is 12.1 Å². The standard InChI is InChI=1S/C18H13F4N5O/c19-11-4-3-6-12(8-11)26-17-25-10-14(15(27-17)18(20,21)22)16(28)24-9-13-5-1-2-7-23-13/h1-8,10H,9H2,(H,24,28)(H,25,26,27). The Bertz CT molecular complexity index is 979. The molecule has 2 N–H and O–H groups in total. The van der Waals surface area contributed by atoms with Gasteiger partial charge < -0.3 is 10.6 Å². The average Bonchev–Trinajstić information content (AvgIpc) is 2.66. The fraction of sp³-hybridized carbons (Fsp3) is 0.111. The number of hydrogen-bond acceptors (Lipinski definition) is 5. The van der Waals surface area contributed by atoms with Crippen LogP contribution in [0.3, 0.4) is 0 Å². The number of alkyl halides is 3. The number of aromatic nitrogens is 3. The molecule has 2 aromatic heterocycles. The number of pyridine rings is 1. The second-order valence-electron chi connectivity index (χ2n) is 5.59. The highest BCUT2D eigenvalue weighted by atomic mass is 19.4. The number of nitrogens with zero attached hydrogens (tertiary/aromatic N) is 3. The largest absolute Gasteiger partial charge is 0.434 e. The van der Waals surface area contributed by atoms with Crippen molar-refractivity contribution in [2.45, 2.75) is 12.7 Å². The summed E-state index contributed by atoms with van der Waals surface area (Å²) >= 11 is 0. The van der Waals surface area contributed by atoms with Gasteiger partial charge in [-0.25, -0.2) is 14.4 Å². The summed E-state index contributed by atoms with van der Waals surface area (Å²) in [5.74, 6) is -1.99. The molecule has 0 bridgehead atoms. The minimum Gasteiger partial charge on any atom is -0.346 e. The molecule has 0 aliphatic rings. The van der Waals surface area contributed by atoms with Gasteiger partial charge >= 0.3 is 6.18 Å². The van der Waals surface area contributed by atoms with Gasteiger partial charge in [0.25, 0.3) is 5.91 Å². The second-order valence-corrected chi connectivity index (χ2v) is 5.59. The molecule has 6 nitrogen and oxygen atoms in total. The number of hydrogen-bond donors (Lipinski definition) is 2. The summed E-state index contributed by atoms with van der Waals surface area (Å²) in [6, 6.07) is 10.0. The number of carbonyl (C=O) groups is 1. The zero-order chi connectivity index (χ0) is 20.1. The number of carbonyl (C=O) groups excluding carboxylic acids is 1. The van der Waals surface area contributed by atoms with Crippen molar-refractivity contribution in [2.24, 2.45) is 0 Å². The van der Waals surface area contributed by atoms with Crippen LogP contribution in [0.4, 0.5) is 29.2 Å². The van der Waals surface area contributed by atoms with E-state index in [4.69, 9.17) is 0 Å². The lowest BCUT2D eigenvalue weighted by Crippen LogP contribution is -2.27. The van der Waals surface area contributed by atoms with Crippen LogP contribution in [-0.2, 0) is 12.7 Å². The maximum Gasteiger partial charge on any atom is 0.434 e. The van der Waals surface area contributed by atoms with Crippen molar-refractivity contribution in [3.63, 3.8) is 0 Å². The predicted molar refractivity (Wildman–Crippen MR) is 92.1 cm³/mol. The van der Waals surface area contributed by atoms with Crippen LogP contribution in [0.1, 0.15) is 21.7 Å². The van der Waals surface area contributed by atoms with Crippen LogP contribution in [0, 0.1) is 5.82 Å². The van der Waals surface area contributed by atoms with E-state index in [9.17, 15) is 22.4 Å². The first-order valence-electron chi connectivity index (χ1n) is 7.98. The molecule has 0 atom stereocenters. The maximum atomic E-state index is 13.4. The Morgan fingerprint density at radius 1 is 1.07 bits per heavy atom. The number of benzene rings is 1. The Labute approximate surface area is 156 Å². The third-order valence-electron chi connectivity index (χ3n) is 3.54. The van der Waals surface area contributed by atoms with E-state index in [0.717, 1.165) is 12.3 Å². The lowest BCUT2D eigenvalue weighted by atomic mass is 10.2. The Hall–Kier alpha value is -3.56. The summed E-state index contributed by atoms with van der Waals surface area (Å²) in [4.78, 5) is 23.3. The van der Waals surface area contributed by atoms with Crippen LogP contribution in [0.5, 0.6) is 0 Å². The third kappa shape index (κ3) is 4.78. The third-order valence-corrected chi connectivity index (χ3v) is 3.54. The summed E-state index contributed by atoms with van der Waals surface area (Å²) in [5.41, 5.74) is -1.48. The van der Waals surface area contributed by atoms with Crippen LogP contribution in [-0.4, -0.2) is 20.9 Å². The lowest BCUT2D eigenvalue weighted by molar-refractivity contribution is -0.141. The van der Waals surface area contributed by atoms with Gasteiger partial charge in [0.2, 0.25) is 5.95 Å². The molecule has 28 heavy (non-hydrogen) atoms. The molecule has 0 radical (unpaired) electrons. The zero-order valence-electron chi connectivity index (χ0n) is 14.2. The molecule has 10 heteroatoms. The topological polar surface area (TPSA) is 79.8 Å². The minimum atomic E-state index is -4.89. The monoisotopic (exact) mass is 391 g/mol. The van der Waals surface area contributed by atoms with E-state index in [-0.39, 0.29) is 12.2 Å². The van der Waals surface area contributed by atoms with Crippen LogP contribution >= 0.6 is 0 Å². The Balaban J connectivity index is 1.83. The first kappa shape index (κ1) is 19.2. The molecule has 144 valence electrons. The number of rotatable bonds is 5. The maximum absolute atomic E-state index is 13.4. The van der Waals surface area contributed by atoms with E-state index < -0.39 is 35.1 Å². The molecule has 2 heterocycles. The highest BCUT2D eigenvalue weighted by Crippen LogP contribution is 2.31. The molecule has 0 saturated carbocycles. The van der Waals surface area contributed by atoms with E-state index in [2.05, 4.69) is 25.6 Å². The van der Waals surface area contributed by atoms with E-state index in [1.54, 1.807) is 18.2 Å². The van der Waals surface area contributed by atoms with E-state index in [1.165, 1.54) is 24.4 Å². The molecule has 1 aromatic carbocycles. The van der Waals surface area contributed by atoms with Crippen LogP contribution < -0.4 is 10.6 Å². The quantitative estimate of drug-likeness (QED) is 0.649. The van der Waals surface area contributed by atoms with Crippen molar-refractivity contribution in [3.05, 3.63) is 77.6 Å². The van der Waals surface area contributed by atoms with Gasteiger partial charge in [-0.2, -0.15) is 13.2 Å². The molecule has 0 aliphatic carbocycles. The zero-order valence-corrected chi connectivity index (χ0v) is 14.2. The molecule has 1 amide bonds. The second kappa shape index (κ2) is 7.99. The molecule has 0 saturated heterocycles. The highest BCUT2D eigenvalue weighted by molar-refractivity contribution is 5.95. The van der Waals surface area contributed by atoms with E-state index >= 15 is 0 Å². The van der Waals surface area contributed by atoms with Gasteiger partial charge in [0.15, 0.2) is 5.69 Å². The highest BCUT2D eigenvalue weighted by Gasteiger charge is 2.38. The van der Waals surface area contributed by atoms with Gasteiger partial charge in [0.05, 0.1) is 17.8 Å². The van der Waals surface area contributed by atoms with Crippen LogP contribution in [0.2, 0.25) is 0 Å². The Morgan fingerprint density at radius 3 is 2.57 bits per heavy atom. The van der Waals surface area contributed by atoms with Crippen molar-refractivity contribution in [1.82, 2.24) is 20.3 Å². The fourth-order valence-corrected chi connectivity index (χ4v) is 2.29. The minimum absolute atomic E-state index is 0.0553. The van der Waals surface area contributed by atoms with E-state index in [0.29, 0.717) is 5.69 Å².